The zero-order chi connectivity index (χ0) is 12.0. The summed E-state index contributed by atoms with van der Waals surface area (Å²) in [6.45, 7) is 5.02. The molecule has 4 nitrogen and oxygen atoms in total. The van der Waals surface area contributed by atoms with E-state index in [4.69, 9.17) is 5.11 Å². The summed E-state index contributed by atoms with van der Waals surface area (Å²) in [5.41, 5.74) is 0. The average Bonchev–Trinajstić information content (AvgIpc) is 2.71. The smallest absolute Gasteiger partial charge is 0.319 e. The summed E-state index contributed by atoms with van der Waals surface area (Å²) in [6.07, 6.45) is 3.81. The number of aliphatic carboxylic acids is 1. The van der Waals surface area contributed by atoms with Gasteiger partial charge in [0.05, 0.1) is 0 Å². The van der Waals surface area contributed by atoms with Crippen LogP contribution in [0.2, 0.25) is 0 Å². The van der Waals surface area contributed by atoms with E-state index in [9.17, 15) is 9.00 Å². The summed E-state index contributed by atoms with van der Waals surface area (Å²) in [5.74, 6) is -0.414. The van der Waals surface area contributed by atoms with E-state index >= 15 is 0 Å². The van der Waals surface area contributed by atoms with E-state index in [2.05, 4.69) is 4.90 Å². The number of carboxylic acid groups (broad SMARTS) is 1. The molecule has 94 valence electrons. The molecule has 0 amide bonds. The minimum Gasteiger partial charge on any atom is -0.480 e. The zero-order valence-corrected chi connectivity index (χ0v) is 10.7. The third-order valence-electron chi connectivity index (χ3n) is 2.98. The van der Waals surface area contributed by atoms with Crippen molar-refractivity contribution in [1.29, 1.82) is 0 Å². The SMILES string of the molecule is CCC(C(=O)O)S(=O)CCCN1CCCC1. The van der Waals surface area contributed by atoms with Gasteiger partial charge in [0.2, 0.25) is 0 Å². The number of likely N-dealkylation sites (tertiary alicyclic amines) is 1. The standard InChI is InChI=1S/C11H21NO3S/c1-2-10(11(13)14)16(15)9-5-8-12-6-3-4-7-12/h10H,2-9H2,1H3,(H,13,14). The summed E-state index contributed by atoms with van der Waals surface area (Å²) >= 11 is 0. The van der Waals surface area contributed by atoms with Crippen LogP contribution in [0.5, 0.6) is 0 Å². The Labute approximate surface area is 99.5 Å². The Kier molecular flexibility index (Phi) is 5.98. The van der Waals surface area contributed by atoms with E-state index < -0.39 is 22.0 Å². The molecule has 2 unspecified atom stereocenters. The molecule has 5 heteroatoms. The first kappa shape index (κ1) is 13.6. The normalized spacial score (nSPS) is 20.8. The molecular formula is C11H21NO3S. The van der Waals surface area contributed by atoms with Gasteiger partial charge in [0.25, 0.3) is 0 Å². The molecule has 1 rings (SSSR count). The lowest BCUT2D eigenvalue weighted by molar-refractivity contribution is -0.136. The molecule has 1 N–H and O–H groups in total. The van der Waals surface area contributed by atoms with Crippen LogP contribution in [-0.2, 0) is 15.6 Å². The number of hydrogen-bond donors (Lipinski definition) is 1. The molecule has 1 fully saturated rings. The van der Waals surface area contributed by atoms with Gasteiger partial charge in [-0.15, -0.1) is 0 Å². The van der Waals surface area contributed by atoms with Crippen LogP contribution in [0.1, 0.15) is 32.6 Å². The van der Waals surface area contributed by atoms with Gasteiger partial charge < -0.3 is 10.0 Å². The van der Waals surface area contributed by atoms with Crippen molar-refractivity contribution in [2.75, 3.05) is 25.4 Å². The average molecular weight is 247 g/mol. The first-order valence-corrected chi connectivity index (χ1v) is 7.35. The van der Waals surface area contributed by atoms with E-state index in [0.29, 0.717) is 12.2 Å². The molecular weight excluding hydrogens is 226 g/mol. The Morgan fingerprint density at radius 2 is 2.06 bits per heavy atom. The van der Waals surface area contributed by atoms with Gasteiger partial charge in [0.1, 0.15) is 5.25 Å². The van der Waals surface area contributed by atoms with Crippen molar-refractivity contribution in [2.45, 2.75) is 37.9 Å². The largest absolute Gasteiger partial charge is 0.480 e. The Hall–Kier alpha value is -0.420. The maximum atomic E-state index is 11.7. The van der Waals surface area contributed by atoms with Crippen LogP contribution < -0.4 is 0 Å². The topological polar surface area (TPSA) is 57.6 Å². The molecule has 0 bridgehead atoms. The Balaban J connectivity index is 2.20. The second-order valence-electron chi connectivity index (χ2n) is 4.22. The first-order chi connectivity index (χ1) is 7.65. The highest BCUT2D eigenvalue weighted by atomic mass is 32.2. The zero-order valence-electron chi connectivity index (χ0n) is 9.85. The summed E-state index contributed by atoms with van der Waals surface area (Å²) < 4.78 is 11.7. The molecule has 0 saturated carbocycles. The third kappa shape index (κ3) is 4.22. The fourth-order valence-electron chi connectivity index (χ4n) is 2.05. The second kappa shape index (κ2) is 7.01. The van der Waals surface area contributed by atoms with E-state index in [1.165, 1.54) is 12.8 Å². The van der Waals surface area contributed by atoms with Crippen LogP contribution in [0.15, 0.2) is 0 Å². The van der Waals surface area contributed by atoms with Gasteiger partial charge in [-0.3, -0.25) is 9.00 Å². The predicted octanol–water partition coefficient (Wildman–Crippen LogP) is 1.08. The molecule has 0 aromatic carbocycles. The number of rotatable bonds is 7. The van der Waals surface area contributed by atoms with Crippen LogP contribution in [0.25, 0.3) is 0 Å². The molecule has 0 aromatic rings. The molecule has 0 spiro atoms. The monoisotopic (exact) mass is 247 g/mol. The molecule has 1 heterocycles. The lowest BCUT2D eigenvalue weighted by Crippen LogP contribution is -2.28. The van der Waals surface area contributed by atoms with Crippen LogP contribution in [0.4, 0.5) is 0 Å². The summed E-state index contributed by atoms with van der Waals surface area (Å²) in [7, 11) is -1.21. The summed E-state index contributed by atoms with van der Waals surface area (Å²) in [4.78, 5) is 13.1. The number of carboxylic acids is 1. The maximum Gasteiger partial charge on any atom is 0.319 e. The number of nitrogens with zero attached hydrogens (tertiary/aromatic N) is 1. The van der Waals surface area contributed by atoms with Crippen molar-refractivity contribution in [3.8, 4) is 0 Å². The van der Waals surface area contributed by atoms with Crippen molar-refractivity contribution in [3.63, 3.8) is 0 Å². The molecule has 2 atom stereocenters. The number of carbonyl (C=O) groups is 1. The molecule has 0 aliphatic carbocycles. The summed E-state index contributed by atoms with van der Waals surface area (Å²) in [5, 5.41) is 8.17. The highest BCUT2D eigenvalue weighted by Gasteiger charge is 2.22. The van der Waals surface area contributed by atoms with Crippen molar-refractivity contribution in [3.05, 3.63) is 0 Å². The molecule has 1 aliphatic rings. The fraction of sp³-hybridized carbons (Fsp3) is 0.909. The van der Waals surface area contributed by atoms with Crippen LogP contribution in [0.3, 0.4) is 0 Å². The van der Waals surface area contributed by atoms with Crippen LogP contribution >= 0.6 is 0 Å². The van der Waals surface area contributed by atoms with Gasteiger partial charge in [-0.1, -0.05) is 6.92 Å². The maximum absolute atomic E-state index is 11.7. The molecule has 1 aliphatic heterocycles. The lowest BCUT2D eigenvalue weighted by Gasteiger charge is -2.15. The fourth-order valence-corrected chi connectivity index (χ4v) is 3.35. The van der Waals surface area contributed by atoms with E-state index in [1.54, 1.807) is 6.92 Å². The van der Waals surface area contributed by atoms with Gasteiger partial charge in [0, 0.05) is 16.6 Å². The summed E-state index contributed by atoms with van der Waals surface area (Å²) in [6, 6.07) is 0. The highest BCUT2D eigenvalue weighted by molar-refractivity contribution is 7.86. The highest BCUT2D eigenvalue weighted by Crippen LogP contribution is 2.09. The van der Waals surface area contributed by atoms with Gasteiger partial charge in [0.15, 0.2) is 0 Å². The van der Waals surface area contributed by atoms with Crippen molar-refractivity contribution in [2.24, 2.45) is 0 Å². The van der Waals surface area contributed by atoms with E-state index in [-0.39, 0.29) is 0 Å². The van der Waals surface area contributed by atoms with Gasteiger partial charge in [-0.25, -0.2) is 0 Å². The predicted molar refractivity (Wildman–Crippen MR) is 65.0 cm³/mol. The quantitative estimate of drug-likeness (QED) is 0.731. The molecule has 0 radical (unpaired) electrons. The van der Waals surface area contributed by atoms with E-state index in [0.717, 1.165) is 26.1 Å². The third-order valence-corrected chi connectivity index (χ3v) is 4.84. The van der Waals surface area contributed by atoms with Crippen molar-refractivity contribution < 1.29 is 14.1 Å². The Bertz CT molecular complexity index is 252. The first-order valence-electron chi connectivity index (χ1n) is 5.97. The second-order valence-corrected chi connectivity index (χ2v) is 5.96. The Morgan fingerprint density at radius 1 is 1.44 bits per heavy atom. The Morgan fingerprint density at radius 3 is 2.56 bits per heavy atom. The van der Waals surface area contributed by atoms with E-state index in [1.807, 2.05) is 0 Å². The molecule has 0 aromatic heterocycles. The van der Waals surface area contributed by atoms with Crippen LogP contribution in [0, 0.1) is 0 Å². The van der Waals surface area contributed by atoms with Gasteiger partial charge in [-0.2, -0.15) is 0 Å². The molecule has 16 heavy (non-hydrogen) atoms. The van der Waals surface area contributed by atoms with Gasteiger partial charge in [-0.05, 0) is 45.3 Å². The van der Waals surface area contributed by atoms with Gasteiger partial charge >= 0.3 is 5.97 Å². The minimum absolute atomic E-state index is 0.450. The van der Waals surface area contributed by atoms with Crippen LogP contribution in [-0.4, -0.2) is 50.8 Å². The molecule has 1 saturated heterocycles. The van der Waals surface area contributed by atoms with Crippen molar-refractivity contribution >= 4 is 16.8 Å². The lowest BCUT2D eigenvalue weighted by atomic mass is 10.3. The number of hydrogen-bond acceptors (Lipinski definition) is 3. The minimum atomic E-state index is -1.21. The van der Waals surface area contributed by atoms with Crippen molar-refractivity contribution in [1.82, 2.24) is 4.90 Å².